The van der Waals surface area contributed by atoms with E-state index in [1.165, 1.54) is 5.56 Å². The van der Waals surface area contributed by atoms with Crippen molar-refractivity contribution in [2.24, 2.45) is 5.73 Å². The summed E-state index contributed by atoms with van der Waals surface area (Å²) in [5, 5.41) is 0. The van der Waals surface area contributed by atoms with Gasteiger partial charge in [0.15, 0.2) is 0 Å². The molecule has 0 aliphatic rings. The van der Waals surface area contributed by atoms with Crippen molar-refractivity contribution in [3.8, 4) is 5.75 Å². The Morgan fingerprint density at radius 2 is 2.12 bits per heavy atom. The highest BCUT2D eigenvalue weighted by Gasteiger charge is 2.02. The number of likely N-dealkylation sites (N-methyl/N-ethyl adjacent to an activating group) is 1. The van der Waals surface area contributed by atoms with Crippen molar-refractivity contribution in [3.05, 3.63) is 28.2 Å². The van der Waals surface area contributed by atoms with E-state index in [9.17, 15) is 0 Å². The Kier molecular flexibility index (Phi) is 5.80. The SMILES string of the molecule is CN(C)CCOc1ccc(Br)c(CCN)c1. The molecule has 3 nitrogen and oxygen atoms in total. The predicted octanol–water partition coefficient (Wildman–Crippen LogP) is 1.89. The van der Waals surface area contributed by atoms with Crippen LogP contribution in [0.4, 0.5) is 0 Å². The molecule has 0 aromatic heterocycles. The lowest BCUT2D eigenvalue weighted by Crippen LogP contribution is -2.19. The van der Waals surface area contributed by atoms with Gasteiger partial charge in [0, 0.05) is 11.0 Å². The monoisotopic (exact) mass is 286 g/mol. The van der Waals surface area contributed by atoms with Crippen LogP contribution in [-0.2, 0) is 6.42 Å². The Labute approximate surface area is 106 Å². The van der Waals surface area contributed by atoms with Gasteiger partial charge < -0.3 is 15.4 Å². The second-order valence-electron chi connectivity index (χ2n) is 3.94. The zero-order valence-electron chi connectivity index (χ0n) is 9.87. The van der Waals surface area contributed by atoms with Crippen molar-refractivity contribution in [2.75, 3.05) is 33.8 Å². The third-order valence-corrected chi connectivity index (χ3v) is 3.01. The zero-order chi connectivity index (χ0) is 12.0. The van der Waals surface area contributed by atoms with Gasteiger partial charge in [-0.2, -0.15) is 0 Å². The standard InChI is InChI=1S/C12H19BrN2O/c1-15(2)7-8-16-11-3-4-12(13)10(9-11)5-6-14/h3-4,9H,5-8,14H2,1-2H3. The number of halogens is 1. The molecule has 0 unspecified atom stereocenters. The highest BCUT2D eigenvalue weighted by Crippen LogP contribution is 2.22. The number of ether oxygens (including phenoxy) is 1. The third kappa shape index (κ3) is 4.51. The first kappa shape index (κ1) is 13.5. The van der Waals surface area contributed by atoms with Crippen LogP contribution < -0.4 is 10.5 Å². The Morgan fingerprint density at radius 1 is 1.38 bits per heavy atom. The molecule has 0 amide bonds. The summed E-state index contributed by atoms with van der Waals surface area (Å²) in [4.78, 5) is 2.10. The number of nitrogens with two attached hydrogens (primary N) is 1. The summed E-state index contributed by atoms with van der Waals surface area (Å²) >= 11 is 3.50. The van der Waals surface area contributed by atoms with Crippen LogP contribution in [0.2, 0.25) is 0 Å². The molecule has 0 aliphatic heterocycles. The van der Waals surface area contributed by atoms with Crippen LogP contribution in [0, 0.1) is 0 Å². The molecule has 90 valence electrons. The molecule has 0 radical (unpaired) electrons. The van der Waals surface area contributed by atoms with Gasteiger partial charge in [-0.25, -0.2) is 0 Å². The molecule has 0 aliphatic carbocycles. The van der Waals surface area contributed by atoms with E-state index in [4.69, 9.17) is 10.5 Å². The number of benzene rings is 1. The largest absolute Gasteiger partial charge is 0.492 e. The molecular formula is C12H19BrN2O. The van der Waals surface area contributed by atoms with Crippen LogP contribution >= 0.6 is 15.9 Å². The van der Waals surface area contributed by atoms with E-state index in [1.807, 2.05) is 32.3 Å². The molecule has 0 spiro atoms. The maximum atomic E-state index is 5.66. The summed E-state index contributed by atoms with van der Waals surface area (Å²) in [5.74, 6) is 0.911. The molecule has 0 atom stereocenters. The minimum absolute atomic E-state index is 0.653. The van der Waals surface area contributed by atoms with E-state index in [-0.39, 0.29) is 0 Å². The first-order valence-corrected chi connectivity index (χ1v) is 6.19. The third-order valence-electron chi connectivity index (χ3n) is 2.24. The van der Waals surface area contributed by atoms with E-state index in [1.54, 1.807) is 0 Å². The van der Waals surface area contributed by atoms with Gasteiger partial charge in [0.2, 0.25) is 0 Å². The first-order valence-electron chi connectivity index (χ1n) is 5.39. The van der Waals surface area contributed by atoms with Crippen LogP contribution in [0.25, 0.3) is 0 Å². The van der Waals surface area contributed by atoms with Gasteiger partial charge in [0.25, 0.3) is 0 Å². The molecule has 1 aromatic carbocycles. The van der Waals surface area contributed by atoms with E-state index in [0.717, 1.165) is 23.2 Å². The van der Waals surface area contributed by atoms with Crippen molar-refractivity contribution in [1.82, 2.24) is 4.90 Å². The topological polar surface area (TPSA) is 38.5 Å². The van der Waals surface area contributed by atoms with Gasteiger partial charge in [-0.05, 0) is 50.8 Å². The molecule has 0 heterocycles. The summed E-state index contributed by atoms with van der Waals surface area (Å²) < 4.78 is 6.75. The molecule has 16 heavy (non-hydrogen) atoms. The second-order valence-corrected chi connectivity index (χ2v) is 4.80. The van der Waals surface area contributed by atoms with Crippen molar-refractivity contribution in [2.45, 2.75) is 6.42 Å². The second kappa shape index (κ2) is 6.89. The van der Waals surface area contributed by atoms with Crippen LogP contribution in [0.5, 0.6) is 5.75 Å². The number of hydrogen-bond donors (Lipinski definition) is 1. The number of nitrogens with zero attached hydrogens (tertiary/aromatic N) is 1. The van der Waals surface area contributed by atoms with Crippen LogP contribution in [0.1, 0.15) is 5.56 Å². The molecular weight excluding hydrogens is 268 g/mol. The normalized spacial score (nSPS) is 10.8. The van der Waals surface area contributed by atoms with Gasteiger partial charge in [-0.3, -0.25) is 0 Å². The highest BCUT2D eigenvalue weighted by atomic mass is 79.9. The lowest BCUT2D eigenvalue weighted by atomic mass is 10.1. The van der Waals surface area contributed by atoms with E-state index in [0.29, 0.717) is 13.2 Å². The Bertz CT molecular complexity index is 329. The average molecular weight is 287 g/mol. The lowest BCUT2D eigenvalue weighted by Gasteiger charge is -2.12. The maximum absolute atomic E-state index is 5.66. The van der Waals surface area contributed by atoms with Gasteiger partial charge >= 0.3 is 0 Å². The van der Waals surface area contributed by atoms with Crippen molar-refractivity contribution in [3.63, 3.8) is 0 Å². The van der Waals surface area contributed by atoms with Crippen molar-refractivity contribution >= 4 is 15.9 Å². The van der Waals surface area contributed by atoms with Gasteiger partial charge in [0.1, 0.15) is 12.4 Å². The minimum atomic E-state index is 0.653. The average Bonchev–Trinajstić information content (AvgIpc) is 2.22. The van der Waals surface area contributed by atoms with Gasteiger partial charge in [-0.1, -0.05) is 15.9 Å². The number of rotatable bonds is 6. The van der Waals surface area contributed by atoms with E-state index < -0.39 is 0 Å². The molecule has 2 N–H and O–H groups in total. The quantitative estimate of drug-likeness (QED) is 0.868. The molecule has 0 bridgehead atoms. The van der Waals surface area contributed by atoms with Gasteiger partial charge in [0.05, 0.1) is 0 Å². The fourth-order valence-corrected chi connectivity index (χ4v) is 1.78. The Morgan fingerprint density at radius 3 is 2.75 bits per heavy atom. The van der Waals surface area contributed by atoms with Crippen molar-refractivity contribution < 1.29 is 4.74 Å². The highest BCUT2D eigenvalue weighted by molar-refractivity contribution is 9.10. The predicted molar refractivity (Wildman–Crippen MR) is 70.9 cm³/mol. The van der Waals surface area contributed by atoms with E-state index >= 15 is 0 Å². The van der Waals surface area contributed by atoms with E-state index in [2.05, 4.69) is 20.8 Å². The summed E-state index contributed by atoms with van der Waals surface area (Å²) in [6.07, 6.45) is 0.867. The summed E-state index contributed by atoms with van der Waals surface area (Å²) in [7, 11) is 4.07. The van der Waals surface area contributed by atoms with Crippen LogP contribution in [0.15, 0.2) is 22.7 Å². The fraction of sp³-hybridized carbons (Fsp3) is 0.500. The summed E-state index contributed by atoms with van der Waals surface area (Å²) in [6.45, 7) is 2.28. The number of hydrogen-bond acceptors (Lipinski definition) is 3. The maximum Gasteiger partial charge on any atom is 0.119 e. The first-order chi connectivity index (χ1) is 7.63. The molecule has 4 heteroatoms. The lowest BCUT2D eigenvalue weighted by molar-refractivity contribution is 0.261. The van der Waals surface area contributed by atoms with Crippen molar-refractivity contribution in [1.29, 1.82) is 0 Å². The smallest absolute Gasteiger partial charge is 0.119 e. The molecule has 0 fully saturated rings. The van der Waals surface area contributed by atoms with Crippen LogP contribution in [0.3, 0.4) is 0 Å². The van der Waals surface area contributed by atoms with Crippen LogP contribution in [-0.4, -0.2) is 38.7 Å². The molecule has 1 rings (SSSR count). The molecule has 0 saturated carbocycles. The minimum Gasteiger partial charge on any atom is -0.492 e. The molecule has 0 saturated heterocycles. The summed E-state index contributed by atoms with van der Waals surface area (Å²) in [6, 6.07) is 6.03. The zero-order valence-corrected chi connectivity index (χ0v) is 11.5. The molecule has 1 aromatic rings. The Balaban J connectivity index is 2.56. The van der Waals surface area contributed by atoms with Gasteiger partial charge in [-0.15, -0.1) is 0 Å². The fourth-order valence-electron chi connectivity index (χ4n) is 1.33. The Hall–Kier alpha value is -0.580. The summed E-state index contributed by atoms with van der Waals surface area (Å²) in [5.41, 5.74) is 6.75.